The number of carbonyl (C=O) groups excluding carboxylic acids is 3. The van der Waals surface area contributed by atoms with Gasteiger partial charge in [0.15, 0.2) is 0 Å². The molecule has 2 heterocycles. The highest BCUT2D eigenvalue weighted by atomic mass is 32.2. The molecule has 0 bridgehead atoms. The summed E-state index contributed by atoms with van der Waals surface area (Å²) in [6.45, 7) is 0.194. The normalized spacial score (nSPS) is 21.4. The van der Waals surface area contributed by atoms with Gasteiger partial charge in [-0.1, -0.05) is 36.8 Å². The summed E-state index contributed by atoms with van der Waals surface area (Å²) in [7, 11) is 0. The zero-order valence-electron chi connectivity index (χ0n) is 17.7. The van der Waals surface area contributed by atoms with Crippen molar-refractivity contribution in [1.82, 2.24) is 10.6 Å². The van der Waals surface area contributed by atoms with E-state index in [4.69, 9.17) is 4.74 Å². The van der Waals surface area contributed by atoms with Crippen molar-refractivity contribution in [3.05, 3.63) is 65.7 Å². The number of esters is 1. The van der Waals surface area contributed by atoms with Gasteiger partial charge in [-0.05, 0) is 42.7 Å². The minimum absolute atomic E-state index is 0.0706. The Kier molecular flexibility index (Phi) is 7.32. The van der Waals surface area contributed by atoms with Crippen LogP contribution in [0.3, 0.4) is 0 Å². The van der Waals surface area contributed by atoms with E-state index in [9.17, 15) is 14.4 Å². The molecule has 2 fully saturated rings. The number of unbranched alkanes of at least 4 members (excludes halogenated alkanes) is 1. The molecule has 8 heteroatoms. The molecule has 4 rings (SSSR count). The van der Waals surface area contributed by atoms with Crippen LogP contribution in [0.25, 0.3) is 0 Å². The molecule has 2 aliphatic rings. The van der Waals surface area contributed by atoms with Gasteiger partial charge >= 0.3 is 12.0 Å². The quantitative estimate of drug-likeness (QED) is 0.306. The minimum Gasteiger partial charge on any atom is -0.461 e. The van der Waals surface area contributed by atoms with E-state index in [1.54, 1.807) is 24.3 Å². The van der Waals surface area contributed by atoms with Crippen LogP contribution >= 0.6 is 11.8 Å². The SMILES string of the molecule is O=C1N[C@H]2[C@@H](CS[C@@H]2CCCCC(=O)OCc2ccc(C(=O)Nc3ccccc3)cc2)N1. The van der Waals surface area contributed by atoms with Crippen molar-refractivity contribution in [2.45, 2.75) is 49.6 Å². The maximum Gasteiger partial charge on any atom is 0.315 e. The van der Waals surface area contributed by atoms with Gasteiger partial charge in [0.1, 0.15) is 6.61 Å². The van der Waals surface area contributed by atoms with E-state index in [1.165, 1.54) is 0 Å². The van der Waals surface area contributed by atoms with E-state index in [1.807, 2.05) is 42.1 Å². The van der Waals surface area contributed by atoms with Gasteiger partial charge in [-0.3, -0.25) is 9.59 Å². The van der Waals surface area contributed by atoms with E-state index in [0.717, 1.165) is 36.3 Å². The molecule has 3 atom stereocenters. The Morgan fingerprint density at radius 2 is 1.81 bits per heavy atom. The first-order valence-corrected chi connectivity index (χ1v) is 11.9. The number of nitrogens with one attached hydrogen (secondary N) is 3. The summed E-state index contributed by atoms with van der Waals surface area (Å²) in [6, 6.07) is 16.7. The predicted molar refractivity (Wildman–Crippen MR) is 125 cm³/mol. The van der Waals surface area contributed by atoms with Gasteiger partial charge in [-0.15, -0.1) is 0 Å². The maximum absolute atomic E-state index is 12.3. The second-order valence-corrected chi connectivity index (χ2v) is 9.32. The van der Waals surface area contributed by atoms with E-state index in [-0.39, 0.29) is 36.6 Å². The Morgan fingerprint density at radius 1 is 1.03 bits per heavy atom. The number of para-hydroxylation sites is 1. The van der Waals surface area contributed by atoms with E-state index in [0.29, 0.717) is 17.2 Å². The fourth-order valence-corrected chi connectivity index (χ4v) is 5.51. The molecule has 32 heavy (non-hydrogen) atoms. The number of hydrogen-bond acceptors (Lipinski definition) is 5. The number of benzene rings is 2. The third kappa shape index (κ3) is 5.82. The molecule has 0 aliphatic carbocycles. The molecule has 7 nitrogen and oxygen atoms in total. The van der Waals surface area contributed by atoms with Gasteiger partial charge < -0.3 is 20.7 Å². The highest BCUT2D eigenvalue weighted by Gasteiger charge is 2.42. The van der Waals surface area contributed by atoms with Gasteiger partial charge in [0.05, 0.1) is 12.1 Å². The molecule has 3 amide bonds. The van der Waals surface area contributed by atoms with Crippen molar-refractivity contribution in [3.63, 3.8) is 0 Å². The zero-order valence-corrected chi connectivity index (χ0v) is 18.5. The predicted octanol–water partition coefficient (Wildman–Crippen LogP) is 3.71. The largest absolute Gasteiger partial charge is 0.461 e. The number of rotatable bonds is 9. The monoisotopic (exact) mass is 453 g/mol. The van der Waals surface area contributed by atoms with Crippen molar-refractivity contribution < 1.29 is 19.1 Å². The lowest BCUT2D eigenvalue weighted by Crippen LogP contribution is -2.36. The summed E-state index contributed by atoms with van der Waals surface area (Å²) in [6.07, 6.45) is 3.06. The van der Waals surface area contributed by atoms with Gasteiger partial charge in [0.25, 0.3) is 5.91 Å². The summed E-state index contributed by atoms with van der Waals surface area (Å²) in [5.74, 6) is 0.547. The average Bonchev–Trinajstić information content (AvgIpc) is 3.35. The molecule has 2 aromatic carbocycles. The van der Waals surface area contributed by atoms with Crippen molar-refractivity contribution in [2.24, 2.45) is 0 Å². The molecule has 0 unspecified atom stereocenters. The zero-order chi connectivity index (χ0) is 22.3. The fraction of sp³-hybridized carbons (Fsp3) is 0.375. The molecule has 0 saturated carbocycles. The average molecular weight is 454 g/mol. The first-order chi connectivity index (χ1) is 15.6. The lowest BCUT2D eigenvalue weighted by molar-refractivity contribution is -0.145. The Bertz CT molecular complexity index is 951. The van der Waals surface area contributed by atoms with Crippen molar-refractivity contribution in [1.29, 1.82) is 0 Å². The lowest BCUT2D eigenvalue weighted by Gasteiger charge is -2.16. The van der Waals surface area contributed by atoms with Crippen LogP contribution < -0.4 is 16.0 Å². The summed E-state index contributed by atoms with van der Waals surface area (Å²) < 4.78 is 5.37. The van der Waals surface area contributed by atoms with Gasteiger partial charge in [0, 0.05) is 28.7 Å². The topological polar surface area (TPSA) is 96.5 Å². The van der Waals surface area contributed by atoms with Crippen LogP contribution in [0.15, 0.2) is 54.6 Å². The number of anilines is 1. The smallest absolute Gasteiger partial charge is 0.315 e. The first kappa shape index (κ1) is 22.2. The number of amides is 3. The van der Waals surface area contributed by atoms with Gasteiger partial charge in [-0.2, -0.15) is 11.8 Å². The number of carbonyl (C=O) groups is 3. The third-order valence-corrected chi connectivity index (χ3v) is 7.21. The lowest BCUT2D eigenvalue weighted by atomic mass is 10.0. The number of hydrogen-bond donors (Lipinski definition) is 3. The molecule has 0 aromatic heterocycles. The van der Waals surface area contributed by atoms with Crippen LogP contribution in [0.2, 0.25) is 0 Å². The van der Waals surface area contributed by atoms with Crippen molar-refractivity contribution in [3.8, 4) is 0 Å². The number of urea groups is 1. The third-order valence-electron chi connectivity index (χ3n) is 5.71. The molecule has 2 aliphatic heterocycles. The summed E-state index contributed by atoms with van der Waals surface area (Å²) >= 11 is 1.88. The second-order valence-electron chi connectivity index (χ2n) is 8.05. The molecular formula is C24H27N3O4S. The molecular weight excluding hydrogens is 426 g/mol. The van der Waals surface area contributed by atoms with Gasteiger partial charge in [-0.25, -0.2) is 4.79 Å². The van der Waals surface area contributed by atoms with Gasteiger partial charge in [0.2, 0.25) is 0 Å². The summed E-state index contributed by atoms with van der Waals surface area (Å²) in [5.41, 5.74) is 2.13. The number of ether oxygens (including phenoxy) is 1. The molecule has 168 valence electrons. The van der Waals surface area contributed by atoms with E-state index >= 15 is 0 Å². The van der Waals surface area contributed by atoms with Crippen LogP contribution in [0.5, 0.6) is 0 Å². The van der Waals surface area contributed by atoms with Crippen molar-refractivity contribution >= 4 is 35.4 Å². The van der Waals surface area contributed by atoms with Crippen LogP contribution in [0.1, 0.15) is 41.6 Å². The maximum atomic E-state index is 12.3. The second kappa shape index (κ2) is 10.5. The summed E-state index contributed by atoms with van der Waals surface area (Å²) in [5, 5.41) is 9.18. The molecule has 2 saturated heterocycles. The Hall–Kier alpha value is -3.00. The number of fused-ring (bicyclic) bond motifs is 1. The molecule has 2 aromatic rings. The van der Waals surface area contributed by atoms with Crippen molar-refractivity contribution in [2.75, 3.05) is 11.1 Å². The molecule has 3 N–H and O–H groups in total. The van der Waals surface area contributed by atoms with E-state index in [2.05, 4.69) is 16.0 Å². The Balaban J connectivity index is 1.13. The Morgan fingerprint density at radius 3 is 2.59 bits per heavy atom. The standard InChI is InChI=1S/C24H27N3O4S/c28-21(9-5-4-8-20-22-19(15-32-20)26-24(30)27-22)31-14-16-10-12-17(13-11-16)23(29)25-18-6-2-1-3-7-18/h1-3,6-7,10-13,19-20,22H,4-5,8-9,14-15H2,(H,25,29)(H2,26,27,30)/t19-,20-,22+/m1/s1. The minimum atomic E-state index is -0.219. The highest BCUT2D eigenvalue weighted by molar-refractivity contribution is 8.00. The highest BCUT2D eigenvalue weighted by Crippen LogP contribution is 2.33. The fourth-order valence-electron chi connectivity index (χ4n) is 3.97. The van der Waals surface area contributed by atoms with Crippen LogP contribution in [-0.4, -0.2) is 41.0 Å². The number of thioether (sulfide) groups is 1. The summed E-state index contributed by atoms with van der Waals surface area (Å²) in [4.78, 5) is 35.8. The first-order valence-electron chi connectivity index (χ1n) is 10.9. The molecule has 0 radical (unpaired) electrons. The molecule has 0 spiro atoms. The van der Waals surface area contributed by atoms with Crippen LogP contribution in [0, 0.1) is 0 Å². The Labute approximate surface area is 191 Å². The van der Waals surface area contributed by atoms with E-state index < -0.39 is 0 Å². The van der Waals surface area contributed by atoms with Crippen LogP contribution in [0.4, 0.5) is 10.5 Å². The van der Waals surface area contributed by atoms with Crippen LogP contribution in [-0.2, 0) is 16.1 Å².